The lowest BCUT2D eigenvalue weighted by Gasteiger charge is -2.14. The minimum Gasteiger partial charge on any atom is -0.497 e. The fourth-order valence-electron chi connectivity index (χ4n) is 2.80. The average Bonchev–Trinajstić information content (AvgIpc) is 2.84. The van der Waals surface area contributed by atoms with Crippen LogP contribution in [-0.4, -0.2) is 18.0 Å². The largest absolute Gasteiger partial charge is 0.497 e. The van der Waals surface area contributed by atoms with Crippen molar-refractivity contribution in [2.75, 3.05) is 7.11 Å². The second-order valence-corrected chi connectivity index (χ2v) is 5.05. The summed E-state index contributed by atoms with van der Waals surface area (Å²) in [7, 11) is 1.57. The van der Waals surface area contributed by atoms with Crippen molar-refractivity contribution in [3.05, 3.63) is 65.2 Å². The van der Waals surface area contributed by atoms with E-state index in [9.17, 15) is 9.90 Å². The smallest absolute Gasteiger partial charge is 0.169 e. The Bertz CT molecular complexity index is 648. The summed E-state index contributed by atoms with van der Waals surface area (Å²) in [5.41, 5.74) is 2.51. The standard InChI is InChI=1S/C17H16O3/c1-20-13-7-4-6-12(9-13)16(18)15-10-11-5-2-3-8-14(11)17(15)19/h2-9,15,17,19H,10H2,1H3/t15-,17-/m0/s1. The van der Waals surface area contributed by atoms with E-state index in [1.807, 2.05) is 24.3 Å². The fraction of sp³-hybridized carbons (Fsp3) is 0.235. The van der Waals surface area contributed by atoms with Crippen molar-refractivity contribution in [1.82, 2.24) is 0 Å². The van der Waals surface area contributed by atoms with E-state index in [1.54, 1.807) is 31.4 Å². The lowest BCUT2D eigenvalue weighted by atomic mass is 9.93. The van der Waals surface area contributed by atoms with Crippen molar-refractivity contribution in [2.45, 2.75) is 12.5 Å². The number of hydrogen-bond acceptors (Lipinski definition) is 3. The highest BCUT2D eigenvalue weighted by atomic mass is 16.5. The maximum atomic E-state index is 12.6. The molecule has 0 bridgehead atoms. The van der Waals surface area contributed by atoms with Crippen LogP contribution >= 0.6 is 0 Å². The van der Waals surface area contributed by atoms with E-state index in [4.69, 9.17) is 4.74 Å². The molecule has 0 amide bonds. The van der Waals surface area contributed by atoms with Gasteiger partial charge < -0.3 is 9.84 Å². The first-order valence-electron chi connectivity index (χ1n) is 6.65. The molecule has 3 nitrogen and oxygen atoms in total. The van der Waals surface area contributed by atoms with Crippen LogP contribution in [0.1, 0.15) is 27.6 Å². The number of aliphatic hydroxyl groups is 1. The van der Waals surface area contributed by atoms with Crippen LogP contribution in [0.15, 0.2) is 48.5 Å². The van der Waals surface area contributed by atoms with E-state index < -0.39 is 12.0 Å². The monoisotopic (exact) mass is 268 g/mol. The van der Waals surface area contributed by atoms with Gasteiger partial charge in [0.1, 0.15) is 5.75 Å². The van der Waals surface area contributed by atoms with Crippen LogP contribution in [0, 0.1) is 5.92 Å². The highest BCUT2D eigenvalue weighted by molar-refractivity contribution is 5.99. The van der Waals surface area contributed by atoms with Gasteiger partial charge >= 0.3 is 0 Å². The Kier molecular flexibility index (Phi) is 3.28. The van der Waals surface area contributed by atoms with Gasteiger partial charge in [-0.25, -0.2) is 0 Å². The molecule has 1 N–H and O–H groups in total. The zero-order valence-electron chi connectivity index (χ0n) is 11.2. The van der Waals surface area contributed by atoms with Crippen LogP contribution in [0.25, 0.3) is 0 Å². The van der Waals surface area contributed by atoms with Crippen molar-refractivity contribution >= 4 is 5.78 Å². The predicted octanol–water partition coefficient (Wildman–Crippen LogP) is 2.78. The first-order valence-corrected chi connectivity index (χ1v) is 6.65. The van der Waals surface area contributed by atoms with E-state index in [-0.39, 0.29) is 5.78 Å². The summed E-state index contributed by atoms with van der Waals surface area (Å²) in [6.07, 6.45) is -0.127. The minimum absolute atomic E-state index is 0.0346. The number of rotatable bonds is 3. The molecule has 20 heavy (non-hydrogen) atoms. The van der Waals surface area contributed by atoms with Crippen molar-refractivity contribution in [1.29, 1.82) is 0 Å². The number of methoxy groups -OCH3 is 1. The number of carbonyl (C=O) groups is 1. The Balaban J connectivity index is 1.89. The number of ether oxygens (including phenoxy) is 1. The number of hydrogen-bond donors (Lipinski definition) is 1. The van der Waals surface area contributed by atoms with E-state index in [0.29, 0.717) is 17.7 Å². The summed E-state index contributed by atoms with van der Waals surface area (Å²) in [6, 6.07) is 14.8. The maximum absolute atomic E-state index is 12.6. The molecule has 2 aromatic carbocycles. The van der Waals surface area contributed by atoms with Crippen molar-refractivity contribution < 1.29 is 14.6 Å². The van der Waals surface area contributed by atoms with Crippen LogP contribution in [-0.2, 0) is 6.42 Å². The topological polar surface area (TPSA) is 46.5 Å². The summed E-state index contributed by atoms with van der Waals surface area (Å²) in [5, 5.41) is 10.3. The highest BCUT2D eigenvalue weighted by Crippen LogP contribution is 2.37. The zero-order valence-corrected chi connectivity index (χ0v) is 11.2. The number of fused-ring (bicyclic) bond motifs is 1. The third-order valence-electron chi connectivity index (χ3n) is 3.89. The lowest BCUT2D eigenvalue weighted by Crippen LogP contribution is -2.19. The molecule has 2 atom stereocenters. The molecular formula is C17H16O3. The normalized spacial score (nSPS) is 20.5. The third-order valence-corrected chi connectivity index (χ3v) is 3.89. The molecule has 0 spiro atoms. The molecule has 2 aromatic rings. The molecule has 1 aliphatic carbocycles. The van der Waals surface area contributed by atoms with Gasteiger partial charge in [0.15, 0.2) is 5.78 Å². The maximum Gasteiger partial charge on any atom is 0.169 e. The first-order chi connectivity index (χ1) is 9.70. The van der Waals surface area contributed by atoms with Crippen LogP contribution < -0.4 is 4.74 Å². The lowest BCUT2D eigenvalue weighted by molar-refractivity contribution is 0.0725. The van der Waals surface area contributed by atoms with Crippen LogP contribution in [0.2, 0.25) is 0 Å². The first kappa shape index (κ1) is 12.9. The Morgan fingerprint density at radius 3 is 2.75 bits per heavy atom. The highest BCUT2D eigenvalue weighted by Gasteiger charge is 2.36. The number of aliphatic hydroxyl groups excluding tert-OH is 1. The summed E-state index contributed by atoms with van der Waals surface area (Å²) in [5.74, 6) is 0.216. The van der Waals surface area contributed by atoms with Gasteiger partial charge in [0.05, 0.1) is 19.1 Å². The molecule has 0 aromatic heterocycles. The predicted molar refractivity (Wildman–Crippen MR) is 75.9 cm³/mol. The fourth-order valence-corrected chi connectivity index (χ4v) is 2.80. The molecular weight excluding hydrogens is 252 g/mol. The molecule has 0 heterocycles. The molecule has 0 fully saturated rings. The Morgan fingerprint density at radius 1 is 1.20 bits per heavy atom. The Hall–Kier alpha value is -2.13. The number of benzene rings is 2. The molecule has 0 radical (unpaired) electrons. The quantitative estimate of drug-likeness (QED) is 0.871. The molecule has 1 aliphatic rings. The van der Waals surface area contributed by atoms with Crippen molar-refractivity contribution in [3.63, 3.8) is 0 Å². The van der Waals surface area contributed by atoms with Gasteiger partial charge in [-0.2, -0.15) is 0 Å². The van der Waals surface area contributed by atoms with Gasteiger partial charge in [-0.05, 0) is 29.7 Å². The molecule has 0 saturated carbocycles. The van der Waals surface area contributed by atoms with Gasteiger partial charge in [0.2, 0.25) is 0 Å². The molecule has 3 heteroatoms. The number of ketones is 1. The molecule has 3 rings (SSSR count). The van der Waals surface area contributed by atoms with Crippen LogP contribution in [0.4, 0.5) is 0 Å². The number of carbonyl (C=O) groups excluding carboxylic acids is 1. The van der Waals surface area contributed by atoms with E-state index in [1.165, 1.54) is 0 Å². The SMILES string of the molecule is COc1cccc(C(=O)[C@@H]2Cc3ccccc3[C@@H]2O)c1. The summed E-state index contributed by atoms with van der Waals surface area (Å²) in [6.45, 7) is 0. The van der Waals surface area contributed by atoms with E-state index in [0.717, 1.165) is 11.1 Å². The van der Waals surface area contributed by atoms with Gasteiger partial charge in [0.25, 0.3) is 0 Å². The molecule has 0 unspecified atom stereocenters. The third kappa shape index (κ3) is 2.10. The van der Waals surface area contributed by atoms with Gasteiger partial charge in [-0.1, -0.05) is 36.4 Å². The van der Waals surface area contributed by atoms with E-state index >= 15 is 0 Å². The number of Topliss-reactive ketones (excluding diaryl/α,β-unsaturated/α-hetero) is 1. The Morgan fingerprint density at radius 2 is 2.00 bits per heavy atom. The van der Waals surface area contributed by atoms with Gasteiger partial charge in [0, 0.05) is 5.56 Å². The molecule has 0 saturated heterocycles. The summed E-state index contributed by atoms with van der Waals surface area (Å²) in [4.78, 5) is 12.6. The van der Waals surface area contributed by atoms with Crippen molar-refractivity contribution in [3.8, 4) is 5.75 Å². The average molecular weight is 268 g/mol. The second kappa shape index (κ2) is 5.10. The van der Waals surface area contributed by atoms with Gasteiger partial charge in [-0.15, -0.1) is 0 Å². The zero-order chi connectivity index (χ0) is 14.1. The molecule has 102 valence electrons. The molecule has 0 aliphatic heterocycles. The van der Waals surface area contributed by atoms with E-state index in [2.05, 4.69) is 0 Å². The second-order valence-electron chi connectivity index (χ2n) is 5.05. The summed E-state index contributed by atoms with van der Waals surface area (Å²) < 4.78 is 5.14. The summed E-state index contributed by atoms with van der Waals surface area (Å²) >= 11 is 0. The Labute approximate surface area is 117 Å². The van der Waals surface area contributed by atoms with Gasteiger partial charge in [-0.3, -0.25) is 4.79 Å². The van der Waals surface area contributed by atoms with Crippen LogP contribution in [0.3, 0.4) is 0 Å². The minimum atomic E-state index is -0.718. The van der Waals surface area contributed by atoms with Crippen molar-refractivity contribution in [2.24, 2.45) is 5.92 Å². The van der Waals surface area contributed by atoms with Crippen LogP contribution in [0.5, 0.6) is 5.75 Å².